The number of benzene rings is 1. The van der Waals surface area contributed by atoms with Crippen LogP contribution in [0.25, 0.3) is 0 Å². The van der Waals surface area contributed by atoms with Crippen LogP contribution in [0.4, 0.5) is 0 Å². The van der Waals surface area contributed by atoms with Gasteiger partial charge in [-0.2, -0.15) is 0 Å². The maximum absolute atomic E-state index is 11.8. The van der Waals surface area contributed by atoms with Gasteiger partial charge in [0.25, 0.3) is 5.91 Å². The molecule has 0 fully saturated rings. The van der Waals surface area contributed by atoms with Gasteiger partial charge in [-0.15, -0.1) is 0 Å². The van der Waals surface area contributed by atoms with Crippen molar-refractivity contribution in [2.24, 2.45) is 5.92 Å². The van der Waals surface area contributed by atoms with E-state index < -0.39 is 17.7 Å². The molecule has 0 aliphatic heterocycles. The number of hydrogen-bond donors (Lipinski definition) is 2. The second-order valence-corrected chi connectivity index (χ2v) is 3.86. The lowest BCUT2D eigenvalue weighted by Gasteiger charge is -2.13. The van der Waals surface area contributed by atoms with Crippen molar-refractivity contribution in [3.05, 3.63) is 60.2 Å². The normalized spacial score (nSPS) is 17.6. The Balaban J connectivity index is 2.04. The maximum atomic E-state index is 11.8. The van der Waals surface area contributed by atoms with Crippen LogP contribution in [-0.4, -0.2) is 17.5 Å². The van der Waals surface area contributed by atoms with E-state index in [0.717, 1.165) is 0 Å². The van der Waals surface area contributed by atoms with E-state index >= 15 is 0 Å². The summed E-state index contributed by atoms with van der Waals surface area (Å²) in [5.41, 5.74) is 0.601. The van der Waals surface area contributed by atoms with E-state index in [1.165, 1.54) is 6.08 Å². The Labute approximate surface area is 105 Å². The standard InChI is InChI=1S/C14H12N2O2/c15-12-9-5-4-8-11(12)14(18)16-13(17)10-6-2-1-3-7-10/h1-9,11,15H,(H,16,17,18). The van der Waals surface area contributed by atoms with E-state index in [9.17, 15) is 9.59 Å². The first kappa shape index (κ1) is 12.0. The number of nitrogens with one attached hydrogen (secondary N) is 2. The molecule has 90 valence electrons. The fourth-order valence-electron chi connectivity index (χ4n) is 1.62. The number of carbonyl (C=O) groups excluding carboxylic acids is 2. The zero-order valence-corrected chi connectivity index (χ0v) is 9.59. The molecule has 1 aliphatic rings. The van der Waals surface area contributed by atoms with Crippen molar-refractivity contribution in [3.8, 4) is 0 Å². The third-order valence-corrected chi connectivity index (χ3v) is 2.58. The molecule has 0 aromatic heterocycles. The highest BCUT2D eigenvalue weighted by Gasteiger charge is 2.22. The van der Waals surface area contributed by atoms with E-state index in [-0.39, 0.29) is 5.71 Å². The molecule has 1 aromatic carbocycles. The highest BCUT2D eigenvalue weighted by Crippen LogP contribution is 2.09. The van der Waals surface area contributed by atoms with Crippen molar-refractivity contribution < 1.29 is 9.59 Å². The largest absolute Gasteiger partial charge is 0.304 e. The highest BCUT2D eigenvalue weighted by atomic mass is 16.2. The Bertz CT molecular complexity index is 544. The van der Waals surface area contributed by atoms with Gasteiger partial charge in [0.1, 0.15) is 0 Å². The van der Waals surface area contributed by atoms with Gasteiger partial charge in [0.15, 0.2) is 0 Å². The second kappa shape index (κ2) is 5.23. The van der Waals surface area contributed by atoms with Crippen molar-refractivity contribution in [2.75, 3.05) is 0 Å². The molecule has 0 heterocycles. The quantitative estimate of drug-likeness (QED) is 0.772. The van der Waals surface area contributed by atoms with Crippen LogP contribution >= 0.6 is 0 Å². The number of hydrogen-bond acceptors (Lipinski definition) is 3. The van der Waals surface area contributed by atoms with Crippen molar-refractivity contribution in [1.82, 2.24) is 5.32 Å². The minimum absolute atomic E-state index is 0.177. The molecule has 1 unspecified atom stereocenters. The van der Waals surface area contributed by atoms with Gasteiger partial charge in [0, 0.05) is 11.3 Å². The molecular formula is C14H12N2O2. The Morgan fingerprint density at radius 2 is 1.83 bits per heavy atom. The summed E-state index contributed by atoms with van der Waals surface area (Å²) in [6.07, 6.45) is 6.51. The molecule has 1 atom stereocenters. The zero-order chi connectivity index (χ0) is 13.0. The van der Waals surface area contributed by atoms with Crippen LogP contribution in [0.15, 0.2) is 54.6 Å². The van der Waals surface area contributed by atoms with E-state index in [1.807, 2.05) is 0 Å². The Kier molecular flexibility index (Phi) is 3.48. The van der Waals surface area contributed by atoms with E-state index in [2.05, 4.69) is 5.32 Å². The van der Waals surface area contributed by atoms with E-state index in [1.54, 1.807) is 48.6 Å². The zero-order valence-electron chi connectivity index (χ0n) is 9.59. The Morgan fingerprint density at radius 3 is 2.50 bits per heavy atom. The number of rotatable bonds is 2. The minimum Gasteiger partial charge on any atom is -0.304 e. The molecule has 0 spiro atoms. The molecule has 2 amide bonds. The van der Waals surface area contributed by atoms with Gasteiger partial charge in [0.2, 0.25) is 5.91 Å². The van der Waals surface area contributed by atoms with Crippen molar-refractivity contribution in [1.29, 1.82) is 5.41 Å². The summed E-state index contributed by atoms with van der Waals surface area (Å²) in [5, 5.41) is 9.91. The van der Waals surface area contributed by atoms with E-state index in [0.29, 0.717) is 5.56 Å². The predicted octanol–water partition coefficient (Wildman–Crippen LogP) is 1.70. The average Bonchev–Trinajstić information content (AvgIpc) is 2.40. The van der Waals surface area contributed by atoms with Crippen LogP contribution < -0.4 is 5.32 Å². The lowest BCUT2D eigenvalue weighted by molar-refractivity contribution is -0.120. The van der Waals surface area contributed by atoms with E-state index in [4.69, 9.17) is 5.41 Å². The van der Waals surface area contributed by atoms with Gasteiger partial charge in [0.05, 0.1) is 5.92 Å². The molecule has 1 aromatic rings. The Hall–Kier alpha value is -2.49. The molecule has 18 heavy (non-hydrogen) atoms. The monoisotopic (exact) mass is 240 g/mol. The topological polar surface area (TPSA) is 70.0 Å². The summed E-state index contributed by atoms with van der Waals surface area (Å²) >= 11 is 0. The molecule has 2 rings (SSSR count). The van der Waals surface area contributed by atoms with Crippen molar-refractivity contribution in [3.63, 3.8) is 0 Å². The fraction of sp³-hybridized carbons (Fsp3) is 0.0714. The van der Waals surface area contributed by atoms with Crippen LogP contribution in [0, 0.1) is 11.3 Å². The molecule has 2 N–H and O–H groups in total. The van der Waals surface area contributed by atoms with Gasteiger partial charge in [-0.25, -0.2) is 0 Å². The molecule has 0 bridgehead atoms. The van der Waals surface area contributed by atoms with Crippen LogP contribution in [0.3, 0.4) is 0 Å². The SMILES string of the molecule is N=C1C=CC=CC1C(=O)NC(=O)c1ccccc1. The summed E-state index contributed by atoms with van der Waals surface area (Å²) < 4.78 is 0. The van der Waals surface area contributed by atoms with Crippen LogP contribution in [0.5, 0.6) is 0 Å². The summed E-state index contributed by atoms with van der Waals surface area (Å²) in [4.78, 5) is 23.6. The van der Waals surface area contributed by atoms with Crippen molar-refractivity contribution >= 4 is 17.5 Å². The maximum Gasteiger partial charge on any atom is 0.257 e. The van der Waals surface area contributed by atoms with Gasteiger partial charge in [-0.3, -0.25) is 14.9 Å². The molecule has 0 radical (unpaired) electrons. The summed E-state index contributed by atoms with van der Waals surface area (Å²) in [6.45, 7) is 0. The second-order valence-electron chi connectivity index (χ2n) is 3.86. The molecule has 1 aliphatic carbocycles. The fourth-order valence-corrected chi connectivity index (χ4v) is 1.62. The van der Waals surface area contributed by atoms with Crippen LogP contribution in [-0.2, 0) is 4.79 Å². The summed E-state index contributed by atoms with van der Waals surface area (Å²) in [7, 11) is 0. The van der Waals surface area contributed by atoms with Gasteiger partial charge < -0.3 is 5.41 Å². The lowest BCUT2D eigenvalue weighted by Crippen LogP contribution is -2.38. The first-order valence-electron chi connectivity index (χ1n) is 5.52. The molecular weight excluding hydrogens is 228 g/mol. The summed E-state index contributed by atoms with van der Waals surface area (Å²) in [5.74, 6) is -1.62. The van der Waals surface area contributed by atoms with Gasteiger partial charge >= 0.3 is 0 Å². The predicted molar refractivity (Wildman–Crippen MR) is 68.4 cm³/mol. The first-order valence-corrected chi connectivity index (χ1v) is 5.52. The smallest absolute Gasteiger partial charge is 0.257 e. The van der Waals surface area contributed by atoms with Gasteiger partial charge in [-0.1, -0.05) is 36.4 Å². The van der Waals surface area contributed by atoms with Crippen LogP contribution in [0.2, 0.25) is 0 Å². The minimum atomic E-state index is -0.692. The molecule has 4 heteroatoms. The number of amides is 2. The molecule has 0 saturated carbocycles. The average molecular weight is 240 g/mol. The molecule has 4 nitrogen and oxygen atoms in total. The Morgan fingerprint density at radius 1 is 1.11 bits per heavy atom. The highest BCUT2D eigenvalue weighted by molar-refractivity contribution is 6.15. The first-order chi connectivity index (χ1) is 8.68. The third kappa shape index (κ3) is 2.60. The lowest BCUT2D eigenvalue weighted by atomic mass is 9.97. The molecule has 0 saturated heterocycles. The summed E-state index contributed by atoms with van der Waals surface area (Å²) in [6, 6.07) is 8.51. The van der Waals surface area contributed by atoms with Crippen LogP contribution in [0.1, 0.15) is 10.4 Å². The number of carbonyl (C=O) groups is 2. The van der Waals surface area contributed by atoms with Crippen molar-refractivity contribution in [2.45, 2.75) is 0 Å². The third-order valence-electron chi connectivity index (χ3n) is 2.58. The number of imide groups is 1. The van der Waals surface area contributed by atoms with Gasteiger partial charge in [-0.05, 0) is 18.2 Å². The number of allylic oxidation sites excluding steroid dienone is 3.